The van der Waals surface area contributed by atoms with Crippen molar-refractivity contribution >= 4 is 23.6 Å². The van der Waals surface area contributed by atoms with Crippen LogP contribution in [0.5, 0.6) is 0 Å². The van der Waals surface area contributed by atoms with Gasteiger partial charge >= 0.3 is 5.97 Å². The van der Waals surface area contributed by atoms with E-state index in [1.807, 2.05) is 13.2 Å². The topological polar surface area (TPSA) is 77.8 Å². The molecule has 0 saturated carbocycles. The lowest BCUT2D eigenvalue weighted by molar-refractivity contribution is -0.156. The highest BCUT2D eigenvalue weighted by atomic mass is 32.2. The molecule has 2 N–H and O–H groups in total. The lowest BCUT2D eigenvalue weighted by Crippen LogP contribution is -2.49. The molecule has 1 atom stereocenters. The molecule has 1 aliphatic rings. The van der Waals surface area contributed by atoms with E-state index in [-0.39, 0.29) is 5.91 Å². The molecule has 1 amide bonds. The number of thioether (sulfide) groups is 1. The van der Waals surface area contributed by atoms with E-state index in [1.165, 1.54) is 0 Å². The molecule has 110 valence electrons. The molecule has 0 aromatic carbocycles. The summed E-state index contributed by atoms with van der Waals surface area (Å²) >= 11 is 1.59. The standard InChI is InChI=1S/C13H23NO4S/c1-3-13(12(17)18)5-7-14(8-6-13)11(16)10(15)4-9-19-2/h10,15H,3-9H2,1-2H3,(H,17,18). The number of hydrogen-bond acceptors (Lipinski definition) is 4. The third kappa shape index (κ3) is 3.86. The van der Waals surface area contributed by atoms with E-state index in [1.54, 1.807) is 16.7 Å². The van der Waals surface area contributed by atoms with E-state index in [0.29, 0.717) is 38.8 Å². The van der Waals surface area contributed by atoms with Crippen LogP contribution in [0.4, 0.5) is 0 Å². The van der Waals surface area contributed by atoms with Crippen LogP contribution >= 0.6 is 11.8 Å². The first-order chi connectivity index (χ1) is 8.96. The number of carbonyl (C=O) groups excluding carboxylic acids is 1. The van der Waals surface area contributed by atoms with Crippen molar-refractivity contribution in [3.8, 4) is 0 Å². The first kappa shape index (κ1) is 16.3. The fourth-order valence-corrected chi connectivity index (χ4v) is 2.90. The fraction of sp³-hybridized carbons (Fsp3) is 0.846. The molecule has 0 radical (unpaired) electrons. The Morgan fingerprint density at radius 2 is 1.95 bits per heavy atom. The summed E-state index contributed by atoms with van der Waals surface area (Å²) in [5.41, 5.74) is -0.693. The van der Waals surface area contributed by atoms with Crippen LogP contribution in [-0.2, 0) is 9.59 Å². The average molecular weight is 289 g/mol. The number of aliphatic carboxylic acids is 1. The zero-order chi connectivity index (χ0) is 14.5. The SMILES string of the molecule is CCC1(C(=O)O)CCN(C(=O)C(O)CCSC)CC1. The Balaban J connectivity index is 2.53. The van der Waals surface area contributed by atoms with Gasteiger partial charge in [0.05, 0.1) is 5.41 Å². The molecule has 0 aromatic heterocycles. The number of amides is 1. The highest BCUT2D eigenvalue weighted by Gasteiger charge is 2.41. The lowest BCUT2D eigenvalue weighted by atomic mass is 9.76. The Hall–Kier alpha value is -0.750. The van der Waals surface area contributed by atoms with Crippen molar-refractivity contribution in [2.75, 3.05) is 25.1 Å². The Labute approximate surface area is 118 Å². The van der Waals surface area contributed by atoms with Gasteiger partial charge in [-0.15, -0.1) is 0 Å². The number of nitrogens with zero attached hydrogens (tertiary/aromatic N) is 1. The van der Waals surface area contributed by atoms with Crippen molar-refractivity contribution < 1.29 is 19.8 Å². The zero-order valence-corrected chi connectivity index (χ0v) is 12.4. The number of rotatable bonds is 6. The second-order valence-electron chi connectivity index (χ2n) is 5.06. The quantitative estimate of drug-likeness (QED) is 0.768. The van der Waals surface area contributed by atoms with Crippen LogP contribution in [0.1, 0.15) is 32.6 Å². The van der Waals surface area contributed by atoms with Crippen molar-refractivity contribution in [2.24, 2.45) is 5.41 Å². The Morgan fingerprint density at radius 3 is 2.37 bits per heavy atom. The summed E-state index contributed by atoms with van der Waals surface area (Å²) in [6.45, 7) is 2.73. The Bertz CT molecular complexity index is 327. The van der Waals surface area contributed by atoms with E-state index in [0.717, 1.165) is 5.75 Å². The summed E-state index contributed by atoms with van der Waals surface area (Å²) in [6, 6.07) is 0. The maximum Gasteiger partial charge on any atom is 0.309 e. The molecule has 0 aliphatic carbocycles. The van der Waals surface area contributed by atoms with Gasteiger partial charge in [-0.05, 0) is 37.7 Å². The molecule has 1 unspecified atom stereocenters. The Morgan fingerprint density at radius 1 is 1.37 bits per heavy atom. The smallest absolute Gasteiger partial charge is 0.309 e. The third-order valence-corrected chi connectivity index (χ3v) is 4.69. The first-order valence-corrected chi connectivity index (χ1v) is 8.05. The van der Waals surface area contributed by atoms with Crippen LogP contribution in [0, 0.1) is 5.41 Å². The van der Waals surface area contributed by atoms with E-state index < -0.39 is 17.5 Å². The number of piperidine rings is 1. The second kappa shape index (κ2) is 7.14. The number of carboxylic acid groups (broad SMARTS) is 1. The number of aliphatic hydroxyl groups excluding tert-OH is 1. The molecule has 19 heavy (non-hydrogen) atoms. The number of carbonyl (C=O) groups is 2. The normalized spacial score (nSPS) is 20.1. The summed E-state index contributed by atoms with van der Waals surface area (Å²) in [7, 11) is 0. The molecular formula is C13H23NO4S. The molecule has 1 fully saturated rings. The van der Waals surface area contributed by atoms with Gasteiger partial charge in [0, 0.05) is 13.1 Å². The number of hydrogen-bond donors (Lipinski definition) is 2. The largest absolute Gasteiger partial charge is 0.481 e. The van der Waals surface area contributed by atoms with Crippen molar-refractivity contribution in [3.63, 3.8) is 0 Å². The second-order valence-corrected chi connectivity index (χ2v) is 6.05. The predicted octanol–water partition coefficient (Wildman–Crippen LogP) is 1.20. The van der Waals surface area contributed by atoms with Crippen LogP contribution in [0.3, 0.4) is 0 Å². The summed E-state index contributed by atoms with van der Waals surface area (Å²) in [5, 5.41) is 19.1. The van der Waals surface area contributed by atoms with Crippen LogP contribution in [0.15, 0.2) is 0 Å². The monoisotopic (exact) mass is 289 g/mol. The van der Waals surface area contributed by atoms with E-state index in [4.69, 9.17) is 0 Å². The van der Waals surface area contributed by atoms with Crippen molar-refractivity contribution in [3.05, 3.63) is 0 Å². The van der Waals surface area contributed by atoms with Crippen molar-refractivity contribution in [2.45, 2.75) is 38.7 Å². The molecule has 0 aromatic rings. The van der Waals surface area contributed by atoms with E-state index >= 15 is 0 Å². The van der Waals surface area contributed by atoms with Gasteiger partial charge in [-0.2, -0.15) is 11.8 Å². The minimum absolute atomic E-state index is 0.260. The summed E-state index contributed by atoms with van der Waals surface area (Å²) < 4.78 is 0. The van der Waals surface area contributed by atoms with Gasteiger partial charge in [0.15, 0.2) is 0 Å². The van der Waals surface area contributed by atoms with E-state index in [2.05, 4.69) is 0 Å². The van der Waals surface area contributed by atoms with Crippen LogP contribution in [-0.4, -0.2) is 58.2 Å². The van der Waals surface area contributed by atoms with E-state index in [9.17, 15) is 19.8 Å². The van der Waals surface area contributed by atoms with Crippen LogP contribution < -0.4 is 0 Å². The first-order valence-electron chi connectivity index (χ1n) is 6.66. The number of aliphatic hydroxyl groups is 1. The molecule has 1 heterocycles. The minimum Gasteiger partial charge on any atom is -0.481 e. The molecule has 6 heteroatoms. The molecule has 5 nitrogen and oxygen atoms in total. The van der Waals surface area contributed by atoms with Gasteiger partial charge < -0.3 is 15.1 Å². The fourth-order valence-electron chi connectivity index (χ4n) is 2.44. The third-order valence-electron chi connectivity index (χ3n) is 4.04. The molecule has 0 bridgehead atoms. The molecular weight excluding hydrogens is 266 g/mol. The van der Waals surface area contributed by atoms with Gasteiger partial charge in [0.1, 0.15) is 6.10 Å². The van der Waals surface area contributed by atoms with Gasteiger partial charge in [-0.1, -0.05) is 6.92 Å². The molecule has 0 spiro atoms. The molecule has 1 saturated heterocycles. The highest BCUT2D eigenvalue weighted by molar-refractivity contribution is 7.98. The maximum absolute atomic E-state index is 12.0. The summed E-state index contributed by atoms with van der Waals surface area (Å²) in [5.74, 6) is -0.288. The van der Waals surface area contributed by atoms with Gasteiger partial charge in [-0.3, -0.25) is 9.59 Å². The van der Waals surface area contributed by atoms with Gasteiger partial charge in [0.2, 0.25) is 0 Å². The molecule has 1 rings (SSSR count). The van der Waals surface area contributed by atoms with Crippen LogP contribution in [0.25, 0.3) is 0 Å². The van der Waals surface area contributed by atoms with Gasteiger partial charge in [0.25, 0.3) is 5.91 Å². The maximum atomic E-state index is 12.0. The Kier molecular flexibility index (Phi) is 6.13. The minimum atomic E-state index is -0.952. The molecule has 1 aliphatic heterocycles. The van der Waals surface area contributed by atoms with Crippen molar-refractivity contribution in [1.82, 2.24) is 4.90 Å². The number of carboxylic acids is 1. The average Bonchev–Trinajstić information content (AvgIpc) is 2.43. The number of likely N-dealkylation sites (tertiary alicyclic amines) is 1. The van der Waals surface area contributed by atoms with Crippen molar-refractivity contribution in [1.29, 1.82) is 0 Å². The summed E-state index contributed by atoms with van der Waals surface area (Å²) in [6.07, 6.45) is 2.96. The zero-order valence-electron chi connectivity index (χ0n) is 11.6. The predicted molar refractivity (Wildman–Crippen MR) is 75.2 cm³/mol. The highest BCUT2D eigenvalue weighted by Crippen LogP contribution is 2.35. The lowest BCUT2D eigenvalue weighted by Gasteiger charge is -2.39. The van der Waals surface area contributed by atoms with Crippen LogP contribution in [0.2, 0.25) is 0 Å². The summed E-state index contributed by atoms with van der Waals surface area (Å²) in [4.78, 5) is 24.9. The van der Waals surface area contributed by atoms with Gasteiger partial charge in [-0.25, -0.2) is 0 Å².